The molecule has 2 aromatic carbocycles. The number of nitrogens with zero attached hydrogens (tertiary/aromatic N) is 5. The minimum Gasteiger partial charge on any atom is -0.453 e. The van der Waals surface area contributed by atoms with Gasteiger partial charge in [0.25, 0.3) is 0 Å². The van der Waals surface area contributed by atoms with E-state index in [1.165, 1.54) is 30.9 Å². The van der Waals surface area contributed by atoms with Crippen molar-refractivity contribution in [1.29, 1.82) is 0 Å². The summed E-state index contributed by atoms with van der Waals surface area (Å²) in [5.41, 5.74) is 8.91. The molecule has 15 nitrogen and oxygen atoms in total. The van der Waals surface area contributed by atoms with E-state index in [2.05, 4.69) is 68.9 Å². The van der Waals surface area contributed by atoms with Gasteiger partial charge in [-0.3, -0.25) is 14.5 Å². The highest BCUT2D eigenvalue weighted by Gasteiger charge is 2.45. The molecular weight excluding hydrogens is 803 g/mol. The van der Waals surface area contributed by atoms with Gasteiger partial charge in [-0.05, 0) is 59.5 Å². The number of imidazole rings is 2. The molecule has 4 aromatic rings. The van der Waals surface area contributed by atoms with E-state index < -0.39 is 24.3 Å². The summed E-state index contributed by atoms with van der Waals surface area (Å²) in [4.78, 5) is 74.3. The zero-order valence-electron chi connectivity index (χ0n) is 35.0. The molecule has 4 aliphatic rings. The average molecular weight is 856 g/mol. The molecule has 0 saturated carbocycles. The van der Waals surface area contributed by atoms with Gasteiger partial charge in [0.2, 0.25) is 11.8 Å². The minimum absolute atomic E-state index is 0.117. The maximum atomic E-state index is 13.8. The molecule has 4 N–H and O–H groups in total. The number of rotatable bonds is 11. The van der Waals surface area contributed by atoms with Gasteiger partial charge >= 0.3 is 12.2 Å². The largest absolute Gasteiger partial charge is 0.453 e. The van der Waals surface area contributed by atoms with Crippen LogP contribution in [0.25, 0.3) is 33.6 Å². The third-order valence-electron chi connectivity index (χ3n) is 12.2. The predicted octanol–water partition coefficient (Wildman–Crippen LogP) is 6.86. The number of fused-ring (bicyclic) bond motifs is 5. The Balaban J connectivity index is 1.03. The van der Waals surface area contributed by atoms with E-state index in [9.17, 15) is 19.2 Å². The van der Waals surface area contributed by atoms with Gasteiger partial charge in [0.15, 0.2) is 0 Å². The summed E-state index contributed by atoms with van der Waals surface area (Å²) in [6.07, 6.45) is 4.63. The lowest BCUT2D eigenvalue weighted by Gasteiger charge is -2.29. The van der Waals surface area contributed by atoms with Crippen LogP contribution in [-0.2, 0) is 19.1 Å². The maximum absolute atomic E-state index is 13.8. The average Bonchev–Trinajstić information content (AvgIpc) is 4.12. The molecule has 17 heteroatoms. The van der Waals surface area contributed by atoms with E-state index in [0.717, 1.165) is 58.2 Å². The summed E-state index contributed by atoms with van der Waals surface area (Å²) >= 11 is 3.31. The van der Waals surface area contributed by atoms with Crippen molar-refractivity contribution in [2.45, 2.75) is 75.5 Å². The second-order valence-electron chi connectivity index (χ2n) is 16.4. The monoisotopic (exact) mass is 855 g/mol. The number of amides is 4. The molecule has 3 saturated heterocycles. The molecule has 318 valence electrons. The van der Waals surface area contributed by atoms with Crippen LogP contribution in [0.15, 0.2) is 48.8 Å². The number of thioether (sulfide) groups is 2. The van der Waals surface area contributed by atoms with E-state index in [1.807, 2.05) is 45.0 Å². The number of methoxy groups -OCH3 is 2. The summed E-state index contributed by atoms with van der Waals surface area (Å²) in [7, 11) is 4.81. The second-order valence-corrected chi connectivity index (χ2v) is 18.8. The number of hydrogen-bond donors (Lipinski definition) is 4. The molecule has 2 bridgehead atoms. The highest BCUT2D eigenvalue weighted by Crippen LogP contribution is 2.57. The first kappa shape index (κ1) is 41.7. The van der Waals surface area contributed by atoms with Gasteiger partial charge in [0, 0.05) is 42.2 Å². The molecular formula is C43H53N9O6S2. The summed E-state index contributed by atoms with van der Waals surface area (Å²) in [5, 5.41) is 4.84. The van der Waals surface area contributed by atoms with E-state index in [1.54, 1.807) is 28.4 Å². The van der Waals surface area contributed by atoms with Crippen LogP contribution in [0.5, 0.6) is 0 Å². The lowest BCUT2D eigenvalue weighted by atomic mass is 9.82. The van der Waals surface area contributed by atoms with Crippen molar-refractivity contribution in [2.24, 2.45) is 11.8 Å². The summed E-state index contributed by atoms with van der Waals surface area (Å²) in [6.45, 7) is 8.74. The van der Waals surface area contributed by atoms with Crippen molar-refractivity contribution in [3.05, 3.63) is 71.6 Å². The minimum atomic E-state index is -0.706. The molecule has 0 radical (unpaired) electrons. The van der Waals surface area contributed by atoms with Gasteiger partial charge in [0.1, 0.15) is 34.5 Å². The van der Waals surface area contributed by atoms with Crippen molar-refractivity contribution in [1.82, 2.24) is 45.3 Å². The van der Waals surface area contributed by atoms with Crippen LogP contribution in [0.4, 0.5) is 9.59 Å². The third kappa shape index (κ3) is 7.64. The Bertz CT molecular complexity index is 2260. The summed E-state index contributed by atoms with van der Waals surface area (Å²) in [5.74, 6) is 2.40. The molecule has 6 heterocycles. The Morgan fingerprint density at radius 1 is 0.683 bits per heavy atom. The number of carbonyl (C=O) groups excluding carboxylic acids is 4. The van der Waals surface area contributed by atoms with Gasteiger partial charge < -0.3 is 39.9 Å². The molecule has 4 amide bonds. The molecule has 0 aliphatic carbocycles. The van der Waals surface area contributed by atoms with Gasteiger partial charge in [0.05, 0.1) is 38.0 Å². The summed E-state index contributed by atoms with van der Waals surface area (Å²) < 4.78 is 9.59. The number of benzene rings is 2. The third-order valence-corrected chi connectivity index (χ3v) is 14.7. The molecule has 8 rings (SSSR count). The normalized spacial score (nSPS) is 22.0. The number of aromatic nitrogens is 4. The van der Waals surface area contributed by atoms with Crippen molar-refractivity contribution in [3.63, 3.8) is 0 Å². The highest BCUT2D eigenvalue weighted by atomic mass is 32.2. The van der Waals surface area contributed by atoms with Gasteiger partial charge in [-0.15, -0.1) is 23.5 Å². The fourth-order valence-corrected chi connectivity index (χ4v) is 11.5. The SMILES string of the molecule is COC(=O)N[C@H](C(=O)N1CCS[C@H]1c1ncc(-c2ccc(-c3ccc(-c4cnc([C@@H]5SCCN5C(=O)[C@@H](NC(=O)OC)C(C)C)[nH]4)c4c3C3CCC4N3C)cc2)[nH]1)C(C)C. The molecule has 2 unspecified atom stereocenters. The fraction of sp³-hybridized carbons (Fsp3) is 0.488. The second kappa shape index (κ2) is 17.2. The van der Waals surface area contributed by atoms with Crippen LogP contribution in [0, 0.1) is 11.8 Å². The number of aromatic amines is 2. The topological polar surface area (TPSA) is 178 Å². The first-order valence-electron chi connectivity index (χ1n) is 20.5. The smallest absolute Gasteiger partial charge is 0.407 e. The van der Waals surface area contributed by atoms with Crippen LogP contribution in [0.3, 0.4) is 0 Å². The first-order valence-corrected chi connectivity index (χ1v) is 22.6. The van der Waals surface area contributed by atoms with Gasteiger partial charge in [-0.1, -0.05) is 64.1 Å². The molecule has 4 aliphatic heterocycles. The van der Waals surface area contributed by atoms with Crippen LogP contribution in [0.2, 0.25) is 0 Å². The molecule has 0 spiro atoms. The van der Waals surface area contributed by atoms with Crippen molar-refractivity contribution in [3.8, 4) is 33.6 Å². The number of H-pyrrole nitrogens is 2. The van der Waals surface area contributed by atoms with Crippen LogP contribution in [0.1, 0.15) is 86.1 Å². The zero-order valence-corrected chi connectivity index (χ0v) is 36.6. The summed E-state index contributed by atoms with van der Waals surface area (Å²) in [6, 6.07) is 12.2. The lowest BCUT2D eigenvalue weighted by molar-refractivity contribution is -0.135. The quantitative estimate of drug-likeness (QED) is 0.124. The van der Waals surface area contributed by atoms with E-state index in [0.29, 0.717) is 25.0 Å². The Morgan fingerprint density at radius 2 is 1.13 bits per heavy atom. The van der Waals surface area contributed by atoms with Crippen LogP contribution >= 0.6 is 23.5 Å². The van der Waals surface area contributed by atoms with Gasteiger partial charge in [-0.2, -0.15) is 0 Å². The molecule has 2 aromatic heterocycles. The number of nitrogens with one attached hydrogen (secondary N) is 4. The lowest BCUT2D eigenvalue weighted by Crippen LogP contribution is -2.51. The van der Waals surface area contributed by atoms with E-state index in [-0.39, 0.29) is 40.4 Å². The van der Waals surface area contributed by atoms with E-state index >= 15 is 0 Å². The number of hydrogen-bond acceptors (Lipinski definition) is 11. The van der Waals surface area contributed by atoms with Crippen molar-refractivity contribution in [2.75, 3.05) is 45.9 Å². The Morgan fingerprint density at radius 3 is 1.63 bits per heavy atom. The van der Waals surface area contributed by atoms with E-state index in [4.69, 9.17) is 19.4 Å². The number of alkyl carbamates (subject to hydrolysis) is 2. The standard InChI is InChI=1S/C43H53N9O6S2/c1-22(2)34(48-42(55)57-6)38(53)51-16-18-59-40(51)36-44-20-28(46-36)25-10-8-24(9-11-25)26-12-13-27(33-31-15-14-30(32(26)33)50(31)5)29-21-45-37(47-29)41-52(17-19-60-41)39(54)35(23(3)4)49-43(56)58-7/h8-13,20-23,30-31,34-35,40-41H,14-19H2,1-7H3,(H,44,46)(H,45,47)(H,48,55)(H,49,56)/t30?,31?,34-,35-,40-,41-/m0/s1. The Kier molecular flexibility index (Phi) is 11.9. The molecule has 3 fully saturated rings. The van der Waals surface area contributed by atoms with Crippen LogP contribution in [-0.4, -0.2) is 117 Å². The first-order chi connectivity index (χ1) is 28.9. The highest BCUT2D eigenvalue weighted by molar-refractivity contribution is 8.00. The predicted molar refractivity (Wildman–Crippen MR) is 232 cm³/mol. The fourth-order valence-electron chi connectivity index (χ4n) is 9.11. The molecule has 60 heavy (non-hydrogen) atoms. The van der Waals surface area contributed by atoms with Crippen molar-refractivity contribution < 1.29 is 28.7 Å². The molecule has 6 atom stereocenters. The van der Waals surface area contributed by atoms with Crippen LogP contribution < -0.4 is 10.6 Å². The Labute approximate surface area is 358 Å². The van der Waals surface area contributed by atoms with Crippen molar-refractivity contribution >= 4 is 47.5 Å². The van der Waals surface area contributed by atoms with Gasteiger partial charge in [-0.25, -0.2) is 19.6 Å². The zero-order chi connectivity index (χ0) is 42.4. The maximum Gasteiger partial charge on any atom is 0.407 e. The number of ether oxygens (including phenoxy) is 2. The Hall–Kier alpha value is -5.00. The number of carbonyl (C=O) groups is 4.